The van der Waals surface area contributed by atoms with Gasteiger partial charge in [0.2, 0.25) is 5.91 Å². The summed E-state index contributed by atoms with van der Waals surface area (Å²) in [5.41, 5.74) is -0.0163. The Bertz CT molecular complexity index is 834. The normalized spacial score (nSPS) is 15.3. The Kier molecular flexibility index (Phi) is 5.65. The van der Waals surface area contributed by atoms with E-state index in [1.54, 1.807) is 29.4 Å². The van der Waals surface area contributed by atoms with E-state index in [2.05, 4.69) is 15.2 Å². The smallest absolute Gasteiger partial charge is 0.270 e. The minimum absolute atomic E-state index is 0.150. The van der Waals surface area contributed by atoms with Crippen LogP contribution < -0.4 is 10.2 Å². The summed E-state index contributed by atoms with van der Waals surface area (Å²) in [6, 6.07) is 4.71. The minimum Gasteiger partial charge on any atom is -0.345 e. The largest absolute Gasteiger partial charge is 0.345 e. The molecule has 0 aliphatic carbocycles. The molecule has 10 heteroatoms. The molecule has 1 unspecified atom stereocenters. The first-order chi connectivity index (χ1) is 13.0. The van der Waals surface area contributed by atoms with Gasteiger partial charge in [0.25, 0.3) is 11.6 Å². The molecule has 2 heterocycles. The maximum atomic E-state index is 12.6. The van der Waals surface area contributed by atoms with E-state index < -0.39 is 16.9 Å². The van der Waals surface area contributed by atoms with E-state index in [0.717, 1.165) is 5.13 Å². The van der Waals surface area contributed by atoms with Crippen LogP contribution in [0.15, 0.2) is 35.8 Å². The summed E-state index contributed by atoms with van der Waals surface area (Å²) in [5, 5.41) is 16.3. The van der Waals surface area contributed by atoms with E-state index in [1.165, 1.54) is 24.3 Å². The molecule has 2 amide bonds. The Morgan fingerprint density at radius 1 is 1.30 bits per heavy atom. The number of benzene rings is 1. The van der Waals surface area contributed by atoms with E-state index in [9.17, 15) is 19.7 Å². The van der Waals surface area contributed by atoms with Crippen molar-refractivity contribution in [3.05, 3.63) is 51.5 Å². The number of non-ortho nitro benzene ring substituents is 1. The van der Waals surface area contributed by atoms with Crippen LogP contribution in [0.2, 0.25) is 0 Å². The van der Waals surface area contributed by atoms with Crippen LogP contribution in [0.3, 0.4) is 0 Å². The molecule has 3 rings (SSSR count). The monoisotopic (exact) mass is 389 g/mol. The van der Waals surface area contributed by atoms with Crippen LogP contribution in [-0.4, -0.2) is 58.8 Å². The highest BCUT2D eigenvalue weighted by Crippen LogP contribution is 2.19. The number of hydrogen-bond donors (Lipinski definition) is 1. The molecular formula is C17H19N5O4S. The van der Waals surface area contributed by atoms with E-state index in [0.29, 0.717) is 26.2 Å². The van der Waals surface area contributed by atoms with Crippen molar-refractivity contribution in [2.24, 2.45) is 0 Å². The third-order valence-electron chi connectivity index (χ3n) is 4.32. The Morgan fingerprint density at radius 3 is 2.67 bits per heavy atom. The lowest BCUT2D eigenvalue weighted by atomic mass is 10.1. The number of hydrogen-bond acceptors (Lipinski definition) is 7. The lowest BCUT2D eigenvalue weighted by Crippen LogP contribution is -2.54. The molecule has 1 atom stereocenters. The number of carbonyl (C=O) groups is 2. The summed E-state index contributed by atoms with van der Waals surface area (Å²) in [7, 11) is 0. The van der Waals surface area contributed by atoms with Gasteiger partial charge in [-0.3, -0.25) is 19.7 Å². The molecule has 0 spiro atoms. The van der Waals surface area contributed by atoms with E-state index in [-0.39, 0.29) is 17.2 Å². The fraction of sp³-hybridized carbons (Fsp3) is 0.353. The molecule has 0 radical (unpaired) electrons. The Labute approximate surface area is 159 Å². The Balaban J connectivity index is 1.55. The van der Waals surface area contributed by atoms with Crippen LogP contribution in [0, 0.1) is 10.1 Å². The fourth-order valence-corrected chi connectivity index (χ4v) is 3.56. The van der Waals surface area contributed by atoms with Crippen molar-refractivity contribution in [2.45, 2.75) is 13.0 Å². The molecule has 1 aromatic heterocycles. The number of nitro benzene ring substituents is 1. The van der Waals surface area contributed by atoms with Gasteiger partial charge in [-0.15, -0.1) is 11.3 Å². The second kappa shape index (κ2) is 8.12. The molecule has 9 nitrogen and oxygen atoms in total. The van der Waals surface area contributed by atoms with Crippen molar-refractivity contribution in [3.8, 4) is 0 Å². The van der Waals surface area contributed by atoms with E-state index >= 15 is 0 Å². The molecule has 142 valence electrons. The lowest BCUT2D eigenvalue weighted by molar-refractivity contribution is -0.384. The molecule has 1 N–H and O–H groups in total. The van der Waals surface area contributed by atoms with Gasteiger partial charge in [-0.25, -0.2) is 4.98 Å². The lowest BCUT2D eigenvalue weighted by Gasteiger charge is -2.35. The van der Waals surface area contributed by atoms with Crippen molar-refractivity contribution in [1.29, 1.82) is 0 Å². The van der Waals surface area contributed by atoms with Gasteiger partial charge in [0.05, 0.1) is 4.92 Å². The second-order valence-electron chi connectivity index (χ2n) is 6.13. The highest BCUT2D eigenvalue weighted by molar-refractivity contribution is 7.13. The number of nitro groups is 1. The predicted octanol–water partition coefficient (Wildman–Crippen LogP) is 1.52. The summed E-state index contributed by atoms with van der Waals surface area (Å²) in [4.78, 5) is 43.3. The third kappa shape index (κ3) is 4.40. The first kappa shape index (κ1) is 18.8. The maximum absolute atomic E-state index is 12.6. The van der Waals surface area contributed by atoms with Gasteiger partial charge in [0.15, 0.2) is 5.13 Å². The predicted molar refractivity (Wildman–Crippen MR) is 101 cm³/mol. The third-order valence-corrected chi connectivity index (χ3v) is 5.15. The van der Waals surface area contributed by atoms with Crippen LogP contribution in [-0.2, 0) is 4.79 Å². The van der Waals surface area contributed by atoms with E-state index in [4.69, 9.17) is 0 Å². The number of nitrogens with one attached hydrogen (secondary N) is 1. The zero-order chi connectivity index (χ0) is 19.4. The Hall–Kier alpha value is -3.01. The second-order valence-corrected chi connectivity index (χ2v) is 7.00. The minimum atomic E-state index is -0.719. The van der Waals surface area contributed by atoms with Gasteiger partial charge >= 0.3 is 0 Å². The molecule has 1 aromatic carbocycles. The van der Waals surface area contributed by atoms with Crippen LogP contribution >= 0.6 is 11.3 Å². The number of amides is 2. The SMILES string of the molecule is CC(NC(=O)c1cccc([N+](=O)[O-])c1)C(=O)N1CCN(c2nccs2)CC1. The standard InChI is InChI=1S/C17H19N5O4S/c1-12(19-15(23)13-3-2-4-14(11-13)22(25)26)16(24)20-6-8-21(9-7-20)17-18-5-10-27-17/h2-5,10-12H,6-9H2,1H3,(H,19,23). The molecule has 27 heavy (non-hydrogen) atoms. The number of rotatable bonds is 5. The topological polar surface area (TPSA) is 109 Å². The Morgan fingerprint density at radius 2 is 2.04 bits per heavy atom. The molecule has 0 saturated carbocycles. The van der Waals surface area contributed by atoms with Crippen molar-refractivity contribution in [2.75, 3.05) is 31.1 Å². The molecule has 1 saturated heterocycles. The maximum Gasteiger partial charge on any atom is 0.270 e. The molecule has 1 fully saturated rings. The first-order valence-corrected chi connectivity index (χ1v) is 9.32. The fourth-order valence-electron chi connectivity index (χ4n) is 2.87. The van der Waals surface area contributed by atoms with Crippen LogP contribution in [0.5, 0.6) is 0 Å². The molecule has 0 bridgehead atoms. The molecule has 1 aliphatic rings. The number of thiazole rings is 1. The number of anilines is 1. The summed E-state index contributed by atoms with van der Waals surface area (Å²) < 4.78 is 0. The summed E-state index contributed by atoms with van der Waals surface area (Å²) in [5.74, 6) is -0.687. The number of carbonyl (C=O) groups excluding carboxylic acids is 2. The average molecular weight is 389 g/mol. The summed E-state index contributed by atoms with van der Waals surface area (Å²) in [6.45, 7) is 4.09. The van der Waals surface area contributed by atoms with Gasteiger partial charge in [-0.05, 0) is 13.0 Å². The van der Waals surface area contributed by atoms with Crippen LogP contribution in [0.4, 0.5) is 10.8 Å². The quantitative estimate of drug-likeness (QED) is 0.613. The first-order valence-electron chi connectivity index (χ1n) is 8.44. The molecule has 2 aromatic rings. The van der Waals surface area contributed by atoms with Gasteiger partial charge < -0.3 is 15.1 Å². The van der Waals surface area contributed by atoms with Gasteiger partial charge in [0, 0.05) is 55.5 Å². The molecule has 1 aliphatic heterocycles. The highest BCUT2D eigenvalue weighted by atomic mass is 32.1. The van der Waals surface area contributed by atoms with Crippen molar-refractivity contribution in [3.63, 3.8) is 0 Å². The van der Waals surface area contributed by atoms with E-state index in [1.807, 2.05) is 5.38 Å². The van der Waals surface area contributed by atoms with Crippen molar-refractivity contribution < 1.29 is 14.5 Å². The van der Waals surface area contributed by atoms with Gasteiger partial charge in [0.1, 0.15) is 6.04 Å². The van der Waals surface area contributed by atoms with Gasteiger partial charge in [-0.2, -0.15) is 0 Å². The van der Waals surface area contributed by atoms with Crippen molar-refractivity contribution in [1.82, 2.24) is 15.2 Å². The number of piperazine rings is 1. The zero-order valence-corrected chi connectivity index (χ0v) is 15.5. The number of aromatic nitrogens is 1. The van der Waals surface area contributed by atoms with Gasteiger partial charge in [-0.1, -0.05) is 6.07 Å². The average Bonchev–Trinajstić information content (AvgIpc) is 3.22. The van der Waals surface area contributed by atoms with Crippen molar-refractivity contribution >= 4 is 34.0 Å². The molecular weight excluding hydrogens is 370 g/mol. The summed E-state index contributed by atoms with van der Waals surface area (Å²) in [6.07, 6.45) is 1.75. The highest BCUT2D eigenvalue weighted by Gasteiger charge is 2.27. The number of nitrogens with zero attached hydrogens (tertiary/aromatic N) is 4. The summed E-state index contributed by atoms with van der Waals surface area (Å²) >= 11 is 1.56. The zero-order valence-electron chi connectivity index (χ0n) is 14.7. The van der Waals surface area contributed by atoms with Crippen LogP contribution in [0.25, 0.3) is 0 Å². The van der Waals surface area contributed by atoms with Crippen LogP contribution in [0.1, 0.15) is 17.3 Å².